The Kier molecular flexibility index (Phi) is 4.02. The molecule has 2 atom stereocenters. The van der Waals surface area contributed by atoms with Crippen LogP contribution >= 0.6 is 11.6 Å². The molecule has 0 amide bonds. The number of nitrogens with zero attached hydrogens (tertiary/aromatic N) is 3. The second kappa shape index (κ2) is 5.25. The first-order valence-corrected chi connectivity index (χ1v) is 7.08. The zero-order chi connectivity index (χ0) is 14.2. The smallest absolute Gasteiger partial charge is 0.137 e. The summed E-state index contributed by atoms with van der Waals surface area (Å²) >= 11 is 6.15. The Morgan fingerprint density at radius 1 is 1.32 bits per heavy atom. The maximum absolute atomic E-state index is 6.15. The Hall–Kier alpha value is -0.870. The lowest BCUT2D eigenvalue weighted by molar-refractivity contribution is 0.0340. The highest BCUT2D eigenvalue weighted by Gasteiger charge is 2.27. The second-order valence-electron chi connectivity index (χ2n) is 6.27. The third-order valence-electron chi connectivity index (χ3n) is 3.25. The number of rotatable bonds is 1. The third kappa shape index (κ3) is 3.37. The molecule has 1 aliphatic rings. The zero-order valence-corrected chi connectivity index (χ0v) is 13.0. The standard InChI is InChI=1S/C14H22ClN3O/c1-9-8-19-10(2)7-18(9)12-6-11(15)16-13(17-12)14(3,4)5/h6,9-10H,7-8H2,1-5H3. The first-order valence-electron chi connectivity index (χ1n) is 6.70. The fourth-order valence-corrected chi connectivity index (χ4v) is 2.29. The van der Waals surface area contributed by atoms with Gasteiger partial charge in [-0.25, -0.2) is 9.97 Å². The van der Waals surface area contributed by atoms with E-state index in [1.165, 1.54) is 0 Å². The van der Waals surface area contributed by atoms with E-state index in [1.807, 2.05) is 6.07 Å². The number of halogens is 1. The molecule has 1 fully saturated rings. The van der Waals surface area contributed by atoms with Crippen LogP contribution in [0, 0.1) is 0 Å². The van der Waals surface area contributed by atoms with Crippen LogP contribution in [0.3, 0.4) is 0 Å². The molecule has 4 nitrogen and oxygen atoms in total. The van der Waals surface area contributed by atoms with Crippen LogP contribution in [0.5, 0.6) is 0 Å². The first-order chi connectivity index (χ1) is 8.77. The summed E-state index contributed by atoms with van der Waals surface area (Å²) in [6.07, 6.45) is 0.211. The normalized spacial score (nSPS) is 24.6. The second-order valence-corrected chi connectivity index (χ2v) is 6.66. The third-order valence-corrected chi connectivity index (χ3v) is 3.45. The summed E-state index contributed by atoms with van der Waals surface area (Å²) in [6, 6.07) is 2.14. The molecule has 2 unspecified atom stereocenters. The minimum absolute atomic E-state index is 0.110. The van der Waals surface area contributed by atoms with Crippen molar-refractivity contribution >= 4 is 17.4 Å². The van der Waals surface area contributed by atoms with Crippen LogP contribution in [-0.4, -0.2) is 35.3 Å². The predicted octanol–water partition coefficient (Wildman–Crippen LogP) is 3.04. The fourth-order valence-electron chi connectivity index (χ4n) is 2.11. The summed E-state index contributed by atoms with van der Waals surface area (Å²) in [7, 11) is 0. The number of morpholine rings is 1. The van der Waals surface area contributed by atoms with Gasteiger partial charge in [0.15, 0.2) is 0 Å². The van der Waals surface area contributed by atoms with Crippen molar-refractivity contribution in [1.82, 2.24) is 9.97 Å². The molecule has 0 saturated carbocycles. The SMILES string of the molecule is CC1CN(c2cc(Cl)nc(C(C)(C)C)n2)C(C)CO1. The number of ether oxygens (including phenoxy) is 1. The Balaban J connectivity index is 2.36. The van der Waals surface area contributed by atoms with Gasteiger partial charge in [-0.2, -0.15) is 0 Å². The lowest BCUT2D eigenvalue weighted by Gasteiger charge is -2.38. The molecule has 0 aliphatic carbocycles. The van der Waals surface area contributed by atoms with Gasteiger partial charge < -0.3 is 9.64 Å². The van der Waals surface area contributed by atoms with Crippen molar-refractivity contribution in [3.8, 4) is 0 Å². The van der Waals surface area contributed by atoms with E-state index in [1.54, 1.807) is 0 Å². The summed E-state index contributed by atoms with van der Waals surface area (Å²) in [5.41, 5.74) is -0.110. The fraction of sp³-hybridized carbons (Fsp3) is 0.714. The molecule has 0 spiro atoms. The zero-order valence-electron chi connectivity index (χ0n) is 12.3. The van der Waals surface area contributed by atoms with Gasteiger partial charge in [0.25, 0.3) is 0 Å². The number of anilines is 1. The molecule has 1 aromatic heterocycles. The van der Waals surface area contributed by atoms with Crippen molar-refractivity contribution in [2.24, 2.45) is 0 Å². The minimum Gasteiger partial charge on any atom is -0.375 e. The Morgan fingerprint density at radius 2 is 2.00 bits per heavy atom. The summed E-state index contributed by atoms with van der Waals surface area (Å²) in [5.74, 6) is 1.67. The molecule has 1 aliphatic heterocycles. The van der Waals surface area contributed by atoms with Gasteiger partial charge in [0.1, 0.15) is 16.8 Å². The number of hydrogen-bond donors (Lipinski definition) is 0. The van der Waals surface area contributed by atoms with Gasteiger partial charge in [0, 0.05) is 18.0 Å². The van der Waals surface area contributed by atoms with Crippen LogP contribution in [-0.2, 0) is 10.2 Å². The molecule has 19 heavy (non-hydrogen) atoms. The van der Waals surface area contributed by atoms with E-state index in [4.69, 9.17) is 16.3 Å². The van der Waals surface area contributed by atoms with Gasteiger partial charge in [-0.05, 0) is 13.8 Å². The molecule has 1 aromatic rings. The monoisotopic (exact) mass is 283 g/mol. The maximum Gasteiger partial charge on any atom is 0.137 e. The van der Waals surface area contributed by atoms with E-state index in [0.29, 0.717) is 17.8 Å². The summed E-state index contributed by atoms with van der Waals surface area (Å²) in [5, 5.41) is 0.501. The lowest BCUT2D eigenvalue weighted by Crippen LogP contribution is -2.48. The topological polar surface area (TPSA) is 38.2 Å². The van der Waals surface area contributed by atoms with Crippen LogP contribution in [0.15, 0.2) is 6.07 Å². The Morgan fingerprint density at radius 3 is 2.63 bits per heavy atom. The van der Waals surface area contributed by atoms with E-state index in [0.717, 1.165) is 18.2 Å². The molecule has 2 heterocycles. The van der Waals surface area contributed by atoms with E-state index >= 15 is 0 Å². The summed E-state index contributed by atoms with van der Waals surface area (Å²) in [6.45, 7) is 12.0. The maximum atomic E-state index is 6.15. The molecule has 0 N–H and O–H groups in total. The highest BCUT2D eigenvalue weighted by atomic mass is 35.5. The molecule has 0 radical (unpaired) electrons. The number of hydrogen-bond acceptors (Lipinski definition) is 4. The largest absolute Gasteiger partial charge is 0.375 e. The lowest BCUT2D eigenvalue weighted by atomic mass is 9.96. The van der Waals surface area contributed by atoms with E-state index in [-0.39, 0.29) is 11.5 Å². The van der Waals surface area contributed by atoms with E-state index < -0.39 is 0 Å². The van der Waals surface area contributed by atoms with Crippen molar-refractivity contribution in [3.05, 3.63) is 17.0 Å². The van der Waals surface area contributed by atoms with Gasteiger partial charge >= 0.3 is 0 Å². The summed E-state index contributed by atoms with van der Waals surface area (Å²) in [4.78, 5) is 11.3. The highest BCUT2D eigenvalue weighted by Crippen LogP contribution is 2.26. The molecule has 106 valence electrons. The number of aromatic nitrogens is 2. The molecule has 5 heteroatoms. The predicted molar refractivity (Wildman–Crippen MR) is 78.0 cm³/mol. The van der Waals surface area contributed by atoms with Crippen molar-refractivity contribution < 1.29 is 4.74 Å². The van der Waals surface area contributed by atoms with Gasteiger partial charge in [-0.15, -0.1) is 0 Å². The Bertz CT molecular complexity index is 458. The quantitative estimate of drug-likeness (QED) is 0.743. The molecule has 0 aromatic carbocycles. The average Bonchev–Trinajstić information content (AvgIpc) is 2.30. The summed E-state index contributed by atoms with van der Waals surface area (Å²) < 4.78 is 5.65. The van der Waals surface area contributed by atoms with Crippen molar-refractivity contribution in [3.63, 3.8) is 0 Å². The van der Waals surface area contributed by atoms with Gasteiger partial charge in [0.05, 0.1) is 18.8 Å². The highest BCUT2D eigenvalue weighted by molar-refractivity contribution is 6.29. The van der Waals surface area contributed by atoms with Crippen molar-refractivity contribution in [1.29, 1.82) is 0 Å². The van der Waals surface area contributed by atoms with Gasteiger partial charge in [-0.1, -0.05) is 32.4 Å². The molecular weight excluding hydrogens is 262 g/mol. The van der Waals surface area contributed by atoms with Crippen molar-refractivity contribution in [2.45, 2.75) is 52.2 Å². The van der Waals surface area contributed by atoms with Crippen molar-refractivity contribution in [2.75, 3.05) is 18.1 Å². The van der Waals surface area contributed by atoms with Crippen LogP contribution in [0.4, 0.5) is 5.82 Å². The van der Waals surface area contributed by atoms with E-state index in [2.05, 4.69) is 49.5 Å². The Labute approximate surface area is 120 Å². The average molecular weight is 284 g/mol. The minimum atomic E-state index is -0.110. The molecule has 1 saturated heterocycles. The molecule has 2 rings (SSSR count). The van der Waals surface area contributed by atoms with E-state index in [9.17, 15) is 0 Å². The molecular formula is C14H22ClN3O. The van der Waals surface area contributed by atoms with Gasteiger partial charge in [0.2, 0.25) is 0 Å². The van der Waals surface area contributed by atoms with Crippen LogP contribution in [0.25, 0.3) is 0 Å². The van der Waals surface area contributed by atoms with Crippen LogP contribution in [0.2, 0.25) is 5.15 Å². The molecule has 0 bridgehead atoms. The first kappa shape index (κ1) is 14.5. The van der Waals surface area contributed by atoms with Gasteiger partial charge in [-0.3, -0.25) is 0 Å². The van der Waals surface area contributed by atoms with Crippen LogP contribution in [0.1, 0.15) is 40.4 Å². The van der Waals surface area contributed by atoms with Crippen LogP contribution < -0.4 is 4.90 Å².